The van der Waals surface area contributed by atoms with E-state index in [9.17, 15) is 0 Å². The van der Waals surface area contributed by atoms with Crippen molar-refractivity contribution in [3.63, 3.8) is 0 Å². The van der Waals surface area contributed by atoms with Crippen LogP contribution in [0.15, 0.2) is 24.3 Å². The third-order valence-corrected chi connectivity index (χ3v) is 2.82. The summed E-state index contributed by atoms with van der Waals surface area (Å²) in [5, 5.41) is 3.53. The Labute approximate surface area is 99.0 Å². The van der Waals surface area contributed by atoms with Crippen LogP contribution in [0.2, 0.25) is 0 Å². The first-order valence-electron chi connectivity index (χ1n) is 6.15. The van der Waals surface area contributed by atoms with Gasteiger partial charge in [0.05, 0.1) is 7.11 Å². The second-order valence-corrected chi connectivity index (χ2v) is 4.16. The lowest BCUT2D eigenvalue weighted by Crippen LogP contribution is -2.19. The van der Waals surface area contributed by atoms with Crippen molar-refractivity contribution in [2.24, 2.45) is 0 Å². The van der Waals surface area contributed by atoms with E-state index in [0.717, 1.165) is 12.3 Å². The molecule has 2 nitrogen and oxygen atoms in total. The van der Waals surface area contributed by atoms with E-state index in [2.05, 4.69) is 31.3 Å². The summed E-state index contributed by atoms with van der Waals surface area (Å²) in [6, 6.07) is 8.65. The van der Waals surface area contributed by atoms with Crippen LogP contribution < -0.4 is 10.1 Å². The zero-order valence-corrected chi connectivity index (χ0v) is 10.6. The third-order valence-electron chi connectivity index (χ3n) is 2.82. The average Bonchev–Trinajstić information content (AvgIpc) is 2.34. The predicted octanol–water partition coefficient (Wildman–Crippen LogP) is 3.54. The quantitative estimate of drug-likeness (QED) is 0.711. The molecule has 1 aromatic rings. The molecule has 0 spiro atoms. The second kappa shape index (κ2) is 7.29. The molecule has 1 rings (SSSR count). The SMILES string of the molecule is CCCCCNC(C)c1cccc(OC)c1. The largest absolute Gasteiger partial charge is 0.497 e. The summed E-state index contributed by atoms with van der Waals surface area (Å²) < 4.78 is 5.22. The van der Waals surface area contributed by atoms with Crippen molar-refractivity contribution in [1.82, 2.24) is 5.32 Å². The van der Waals surface area contributed by atoms with Gasteiger partial charge < -0.3 is 10.1 Å². The lowest BCUT2D eigenvalue weighted by atomic mass is 10.1. The zero-order valence-electron chi connectivity index (χ0n) is 10.6. The van der Waals surface area contributed by atoms with Crippen LogP contribution in [0.25, 0.3) is 0 Å². The maximum absolute atomic E-state index is 5.22. The first-order valence-corrected chi connectivity index (χ1v) is 6.15. The maximum atomic E-state index is 5.22. The van der Waals surface area contributed by atoms with Gasteiger partial charge in [0.2, 0.25) is 0 Å². The van der Waals surface area contributed by atoms with Gasteiger partial charge in [-0.15, -0.1) is 0 Å². The first kappa shape index (κ1) is 13.0. The molecule has 0 aliphatic heterocycles. The molecule has 0 aliphatic rings. The molecule has 0 aromatic heterocycles. The minimum atomic E-state index is 0.395. The van der Waals surface area contributed by atoms with E-state index >= 15 is 0 Å². The monoisotopic (exact) mass is 221 g/mol. The fourth-order valence-corrected chi connectivity index (χ4v) is 1.72. The van der Waals surface area contributed by atoms with Crippen molar-refractivity contribution < 1.29 is 4.74 Å². The van der Waals surface area contributed by atoms with E-state index < -0.39 is 0 Å². The number of methoxy groups -OCH3 is 1. The van der Waals surface area contributed by atoms with Gasteiger partial charge in [0.15, 0.2) is 0 Å². The van der Waals surface area contributed by atoms with Gasteiger partial charge in [-0.3, -0.25) is 0 Å². The van der Waals surface area contributed by atoms with Gasteiger partial charge in [0.25, 0.3) is 0 Å². The minimum absolute atomic E-state index is 0.395. The standard InChI is InChI=1S/C14H23NO/c1-4-5-6-10-15-12(2)13-8-7-9-14(11-13)16-3/h7-9,11-12,15H,4-6,10H2,1-3H3. The van der Waals surface area contributed by atoms with Gasteiger partial charge in [-0.1, -0.05) is 31.9 Å². The van der Waals surface area contributed by atoms with Crippen molar-refractivity contribution in [3.05, 3.63) is 29.8 Å². The summed E-state index contributed by atoms with van der Waals surface area (Å²) in [5.74, 6) is 0.930. The molecular weight excluding hydrogens is 198 g/mol. The van der Waals surface area contributed by atoms with Gasteiger partial charge in [-0.05, 0) is 37.6 Å². The van der Waals surface area contributed by atoms with E-state index in [0.29, 0.717) is 6.04 Å². The van der Waals surface area contributed by atoms with Crippen LogP contribution in [0, 0.1) is 0 Å². The third kappa shape index (κ3) is 4.23. The summed E-state index contributed by atoms with van der Waals surface area (Å²) in [4.78, 5) is 0. The van der Waals surface area contributed by atoms with Gasteiger partial charge in [-0.2, -0.15) is 0 Å². The van der Waals surface area contributed by atoms with Crippen LogP contribution in [0.4, 0.5) is 0 Å². The molecule has 0 heterocycles. The Balaban J connectivity index is 2.42. The number of hydrogen-bond acceptors (Lipinski definition) is 2. The van der Waals surface area contributed by atoms with Crippen molar-refractivity contribution >= 4 is 0 Å². The fourth-order valence-electron chi connectivity index (χ4n) is 1.72. The Kier molecular flexibility index (Phi) is 5.94. The molecule has 1 unspecified atom stereocenters. The molecule has 0 radical (unpaired) electrons. The highest BCUT2D eigenvalue weighted by atomic mass is 16.5. The van der Waals surface area contributed by atoms with Crippen LogP contribution in [0.5, 0.6) is 5.75 Å². The molecule has 0 aliphatic carbocycles. The molecule has 2 heteroatoms. The average molecular weight is 221 g/mol. The van der Waals surface area contributed by atoms with Crippen LogP contribution in [-0.4, -0.2) is 13.7 Å². The Morgan fingerprint density at radius 3 is 2.81 bits per heavy atom. The highest BCUT2D eigenvalue weighted by molar-refractivity contribution is 5.30. The summed E-state index contributed by atoms with van der Waals surface area (Å²) in [6.45, 7) is 5.51. The van der Waals surface area contributed by atoms with Crippen molar-refractivity contribution in [3.8, 4) is 5.75 Å². The first-order chi connectivity index (χ1) is 7.77. The van der Waals surface area contributed by atoms with Crippen LogP contribution in [-0.2, 0) is 0 Å². The van der Waals surface area contributed by atoms with E-state index in [1.54, 1.807) is 7.11 Å². The molecule has 0 fully saturated rings. The second-order valence-electron chi connectivity index (χ2n) is 4.16. The molecular formula is C14H23NO. The molecule has 0 amide bonds. The number of nitrogens with one attached hydrogen (secondary N) is 1. The van der Waals surface area contributed by atoms with E-state index in [-0.39, 0.29) is 0 Å². The van der Waals surface area contributed by atoms with Crippen LogP contribution in [0.3, 0.4) is 0 Å². The molecule has 1 N–H and O–H groups in total. The molecule has 1 aromatic carbocycles. The zero-order chi connectivity index (χ0) is 11.8. The topological polar surface area (TPSA) is 21.3 Å². The molecule has 90 valence electrons. The number of benzene rings is 1. The predicted molar refractivity (Wildman–Crippen MR) is 68.9 cm³/mol. The van der Waals surface area contributed by atoms with Gasteiger partial charge in [0.1, 0.15) is 5.75 Å². The van der Waals surface area contributed by atoms with E-state index in [4.69, 9.17) is 4.74 Å². The van der Waals surface area contributed by atoms with Crippen molar-refractivity contribution in [1.29, 1.82) is 0 Å². The van der Waals surface area contributed by atoms with Crippen LogP contribution >= 0.6 is 0 Å². The molecule has 1 atom stereocenters. The number of ether oxygens (including phenoxy) is 1. The molecule has 16 heavy (non-hydrogen) atoms. The summed E-state index contributed by atoms with van der Waals surface area (Å²) >= 11 is 0. The fraction of sp³-hybridized carbons (Fsp3) is 0.571. The van der Waals surface area contributed by atoms with Crippen LogP contribution in [0.1, 0.15) is 44.7 Å². The normalized spacial score (nSPS) is 12.4. The highest BCUT2D eigenvalue weighted by Gasteiger charge is 2.04. The summed E-state index contributed by atoms with van der Waals surface area (Å²) in [7, 11) is 1.71. The molecule has 0 bridgehead atoms. The lowest BCUT2D eigenvalue weighted by molar-refractivity contribution is 0.413. The Bertz CT molecular complexity index is 299. The highest BCUT2D eigenvalue weighted by Crippen LogP contribution is 2.18. The number of unbranched alkanes of at least 4 members (excludes halogenated alkanes) is 2. The molecule has 0 saturated carbocycles. The minimum Gasteiger partial charge on any atom is -0.497 e. The summed E-state index contributed by atoms with van der Waals surface area (Å²) in [6.07, 6.45) is 3.83. The van der Waals surface area contributed by atoms with Gasteiger partial charge in [0, 0.05) is 6.04 Å². The number of hydrogen-bond donors (Lipinski definition) is 1. The Morgan fingerprint density at radius 2 is 2.12 bits per heavy atom. The molecule has 0 saturated heterocycles. The van der Waals surface area contributed by atoms with E-state index in [1.807, 2.05) is 12.1 Å². The van der Waals surface area contributed by atoms with Crippen molar-refractivity contribution in [2.45, 2.75) is 39.2 Å². The summed E-state index contributed by atoms with van der Waals surface area (Å²) in [5.41, 5.74) is 1.29. The number of rotatable bonds is 7. The maximum Gasteiger partial charge on any atom is 0.119 e. The van der Waals surface area contributed by atoms with E-state index in [1.165, 1.54) is 24.8 Å². The van der Waals surface area contributed by atoms with Gasteiger partial charge in [-0.25, -0.2) is 0 Å². The smallest absolute Gasteiger partial charge is 0.119 e. The van der Waals surface area contributed by atoms with Gasteiger partial charge >= 0.3 is 0 Å². The lowest BCUT2D eigenvalue weighted by Gasteiger charge is -2.14. The Morgan fingerprint density at radius 1 is 1.31 bits per heavy atom. The Hall–Kier alpha value is -1.02. The van der Waals surface area contributed by atoms with Crippen molar-refractivity contribution in [2.75, 3.05) is 13.7 Å².